The SMILES string of the molecule is COC(=O)N1CCC(CN(C)S(=O)O)[C@H](N)[C@@H]1COC1CCC(c2ccccc2)CC1. The second kappa shape index (κ2) is 11.4. The molecule has 1 aliphatic heterocycles. The van der Waals surface area contributed by atoms with Crippen LogP contribution in [0.4, 0.5) is 4.79 Å². The molecule has 9 heteroatoms. The quantitative estimate of drug-likeness (QED) is 0.615. The van der Waals surface area contributed by atoms with Gasteiger partial charge in [0.25, 0.3) is 0 Å². The maximum absolute atomic E-state index is 12.3. The molecule has 0 aromatic heterocycles. The smallest absolute Gasteiger partial charge is 0.409 e. The first-order valence-electron chi connectivity index (χ1n) is 11.0. The minimum absolute atomic E-state index is 0.00979. The Balaban J connectivity index is 1.57. The molecule has 2 aliphatic rings. The predicted octanol–water partition coefficient (Wildman–Crippen LogP) is 2.58. The van der Waals surface area contributed by atoms with Crippen molar-refractivity contribution in [3.63, 3.8) is 0 Å². The molecule has 1 saturated heterocycles. The Morgan fingerprint density at radius 3 is 2.52 bits per heavy atom. The molecular weight excluding hydrogens is 418 g/mol. The van der Waals surface area contributed by atoms with Crippen LogP contribution < -0.4 is 5.73 Å². The molecule has 2 fully saturated rings. The predicted molar refractivity (Wildman–Crippen MR) is 120 cm³/mol. The zero-order chi connectivity index (χ0) is 22.4. The van der Waals surface area contributed by atoms with E-state index in [-0.39, 0.29) is 24.1 Å². The first-order chi connectivity index (χ1) is 14.9. The summed E-state index contributed by atoms with van der Waals surface area (Å²) in [6, 6.07) is 9.92. The van der Waals surface area contributed by atoms with Gasteiger partial charge in [-0.3, -0.25) is 4.55 Å². The molecule has 0 spiro atoms. The third-order valence-corrected chi connectivity index (χ3v) is 7.43. The van der Waals surface area contributed by atoms with E-state index in [1.807, 2.05) is 6.07 Å². The van der Waals surface area contributed by atoms with Gasteiger partial charge in [0.15, 0.2) is 0 Å². The number of carbonyl (C=O) groups excluding carboxylic acids is 1. The highest BCUT2D eigenvalue weighted by Gasteiger charge is 2.40. The molecule has 0 bridgehead atoms. The van der Waals surface area contributed by atoms with Gasteiger partial charge in [0, 0.05) is 26.2 Å². The Bertz CT molecular complexity index is 729. The number of hydrogen-bond donors (Lipinski definition) is 2. The topological polar surface area (TPSA) is 105 Å². The fraction of sp³-hybridized carbons (Fsp3) is 0.682. The van der Waals surface area contributed by atoms with Crippen molar-refractivity contribution in [1.82, 2.24) is 9.21 Å². The van der Waals surface area contributed by atoms with Crippen LogP contribution in [0.1, 0.15) is 43.6 Å². The maximum atomic E-state index is 12.3. The average Bonchev–Trinajstić information content (AvgIpc) is 2.79. The lowest BCUT2D eigenvalue weighted by Gasteiger charge is -2.44. The molecule has 4 atom stereocenters. The standard InChI is InChI=1S/C22H35N3O5S/c1-24(31(27)28)14-18-12-13-25(22(26)29-2)20(21(18)23)15-30-19-10-8-17(9-11-19)16-6-4-3-5-7-16/h3-7,17-21H,8-15,23H2,1-2H3,(H,27,28)/t17?,18?,19?,20-,21-/m0/s1. The molecular formula is C22H35N3O5S. The summed E-state index contributed by atoms with van der Waals surface area (Å²) in [6.07, 6.45) is 4.53. The van der Waals surface area contributed by atoms with Crippen LogP contribution in [-0.2, 0) is 20.7 Å². The Hall–Kier alpha value is -1.52. The fourth-order valence-corrected chi connectivity index (χ4v) is 5.18. The van der Waals surface area contributed by atoms with Crippen molar-refractivity contribution in [2.75, 3.05) is 33.9 Å². The molecule has 31 heavy (non-hydrogen) atoms. The summed E-state index contributed by atoms with van der Waals surface area (Å²) in [5, 5.41) is 0. The fourth-order valence-electron chi connectivity index (χ4n) is 4.86. The molecule has 1 heterocycles. The van der Waals surface area contributed by atoms with Gasteiger partial charge in [-0.05, 0) is 49.5 Å². The average molecular weight is 454 g/mol. The second-order valence-corrected chi connectivity index (χ2v) is 9.70. The lowest BCUT2D eigenvalue weighted by atomic mass is 9.82. The van der Waals surface area contributed by atoms with E-state index in [0.29, 0.717) is 32.0 Å². The van der Waals surface area contributed by atoms with Gasteiger partial charge in [-0.1, -0.05) is 30.3 Å². The monoisotopic (exact) mass is 453 g/mol. The van der Waals surface area contributed by atoms with Crippen LogP contribution in [0.3, 0.4) is 0 Å². The maximum Gasteiger partial charge on any atom is 0.409 e. The second-order valence-electron chi connectivity index (χ2n) is 8.62. The molecule has 2 unspecified atom stereocenters. The summed E-state index contributed by atoms with van der Waals surface area (Å²) in [5.74, 6) is 0.563. The number of likely N-dealkylation sites (tertiary alicyclic amines) is 1. The minimum Gasteiger partial charge on any atom is -0.453 e. The van der Waals surface area contributed by atoms with Gasteiger partial charge in [-0.25, -0.2) is 13.3 Å². The van der Waals surface area contributed by atoms with Gasteiger partial charge in [0.05, 0.1) is 25.9 Å². The van der Waals surface area contributed by atoms with Crippen LogP contribution >= 0.6 is 0 Å². The normalized spacial score (nSPS) is 30.2. The largest absolute Gasteiger partial charge is 0.453 e. The third-order valence-electron chi connectivity index (χ3n) is 6.74. The Labute approximate surface area is 187 Å². The number of carbonyl (C=O) groups is 1. The van der Waals surface area contributed by atoms with E-state index in [1.165, 1.54) is 17.0 Å². The van der Waals surface area contributed by atoms with E-state index in [2.05, 4.69) is 24.3 Å². The van der Waals surface area contributed by atoms with Gasteiger partial charge in [-0.2, -0.15) is 0 Å². The number of rotatable bonds is 7. The molecule has 174 valence electrons. The van der Waals surface area contributed by atoms with Crippen LogP contribution in [0.5, 0.6) is 0 Å². The summed E-state index contributed by atoms with van der Waals surface area (Å²) >= 11 is -2.04. The van der Waals surface area contributed by atoms with Crippen LogP contribution in [0.25, 0.3) is 0 Å². The molecule has 1 aromatic carbocycles. The summed E-state index contributed by atoms with van der Waals surface area (Å²) in [7, 11) is 2.96. The van der Waals surface area contributed by atoms with E-state index in [4.69, 9.17) is 15.2 Å². The van der Waals surface area contributed by atoms with Crippen LogP contribution in [0, 0.1) is 5.92 Å². The van der Waals surface area contributed by atoms with Crippen molar-refractivity contribution in [2.24, 2.45) is 11.7 Å². The number of nitrogens with two attached hydrogens (primary N) is 1. The number of nitrogens with zero attached hydrogens (tertiary/aromatic N) is 2. The number of amides is 1. The number of benzene rings is 1. The van der Waals surface area contributed by atoms with Crippen molar-refractivity contribution in [2.45, 2.75) is 56.2 Å². The number of methoxy groups -OCH3 is 1. The van der Waals surface area contributed by atoms with Gasteiger partial charge in [0.2, 0.25) is 11.3 Å². The first-order valence-corrected chi connectivity index (χ1v) is 12.1. The molecule has 8 nitrogen and oxygen atoms in total. The van der Waals surface area contributed by atoms with E-state index >= 15 is 0 Å². The molecule has 1 aromatic rings. The van der Waals surface area contributed by atoms with E-state index in [0.717, 1.165) is 25.7 Å². The van der Waals surface area contributed by atoms with Crippen molar-refractivity contribution in [1.29, 1.82) is 0 Å². The van der Waals surface area contributed by atoms with Gasteiger partial charge in [0.1, 0.15) is 0 Å². The Morgan fingerprint density at radius 2 is 1.90 bits per heavy atom. The van der Waals surface area contributed by atoms with Crippen molar-refractivity contribution in [3.05, 3.63) is 35.9 Å². The number of ether oxygens (including phenoxy) is 2. The van der Waals surface area contributed by atoms with E-state index in [9.17, 15) is 13.6 Å². The van der Waals surface area contributed by atoms with Crippen molar-refractivity contribution < 1.29 is 23.0 Å². The van der Waals surface area contributed by atoms with Crippen molar-refractivity contribution in [3.8, 4) is 0 Å². The van der Waals surface area contributed by atoms with Crippen LogP contribution in [-0.4, -0.2) is 76.1 Å². The van der Waals surface area contributed by atoms with Gasteiger partial charge in [-0.15, -0.1) is 0 Å². The van der Waals surface area contributed by atoms with Crippen LogP contribution in [0.2, 0.25) is 0 Å². The number of hydrogen-bond acceptors (Lipinski definition) is 5. The minimum atomic E-state index is -2.04. The zero-order valence-electron chi connectivity index (χ0n) is 18.4. The molecule has 1 saturated carbocycles. The highest BCUT2D eigenvalue weighted by molar-refractivity contribution is 7.76. The van der Waals surface area contributed by atoms with Crippen molar-refractivity contribution >= 4 is 17.4 Å². The summed E-state index contributed by atoms with van der Waals surface area (Å²) < 4.78 is 33.2. The first kappa shape index (κ1) is 24.1. The molecule has 3 rings (SSSR count). The lowest BCUT2D eigenvalue weighted by molar-refractivity contribution is -0.0321. The highest BCUT2D eigenvalue weighted by atomic mass is 32.2. The molecule has 0 radical (unpaired) electrons. The summed E-state index contributed by atoms with van der Waals surface area (Å²) in [6.45, 7) is 1.23. The molecule has 3 N–H and O–H groups in total. The molecule has 1 amide bonds. The van der Waals surface area contributed by atoms with Gasteiger partial charge < -0.3 is 20.1 Å². The van der Waals surface area contributed by atoms with Gasteiger partial charge >= 0.3 is 6.09 Å². The summed E-state index contributed by atoms with van der Waals surface area (Å²) in [5.41, 5.74) is 7.92. The van der Waals surface area contributed by atoms with E-state index < -0.39 is 17.4 Å². The van der Waals surface area contributed by atoms with Crippen LogP contribution in [0.15, 0.2) is 30.3 Å². The highest BCUT2D eigenvalue weighted by Crippen LogP contribution is 2.34. The molecule has 1 aliphatic carbocycles. The third kappa shape index (κ3) is 6.26. The zero-order valence-corrected chi connectivity index (χ0v) is 19.2. The Morgan fingerprint density at radius 1 is 1.23 bits per heavy atom. The lowest BCUT2D eigenvalue weighted by Crippen LogP contribution is -2.61. The summed E-state index contributed by atoms with van der Waals surface area (Å²) in [4.78, 5) is 13.9. The van der Waals surface area contributed by atoms with E-state index in [1.54, 1.807) is 11.9 Å². The Kier molecular flexibility index (Phi) is 8.85. The number of piperidine rings is 1.